The summed E-state index contributed by atoms with van der Waals surface area (Å²) in [6, 6.07) is 24.9. The fourth-order valence-electron chi connectivity index (χ4n) is 2.92. The molecule has 0 saturated carbocycles. The molecule has 0 aliphatic heterocycles. The van der Waals surface area contributed by atoms with E-state index >= 15 is 0 Å². The Morgan fingerprint density at radius 3 is 2.03 bits per heavy atom. The molecule has 0 radical (unpaired) electrons. The van der Waals surface area contributed by atoms with Crippen molar-refractivity contribution >= 4 is 11.8 Å². The van der Waals surface area contributed by atoms with Crippen molar-refractivity contribution in [1.29, 1.82) is 0 Å². The normalized spacial score (nSPS) is 10.2. The first-order valence-electron chi connectivity index (χ1n) is 9.49. The Bertz CT molecular complexity index is 936. The summed E-state index contributed by atoms with van der Waals surface area (Å²) in [6.45, 7) is 0.746. The standard InChI is InChI=1S/C24H24N2O3/c1-29-22-13-7-18(8-14-22)17-23(27)25-15-16-26-24(28)21-11-9-20(10-12-21)19-5-3-2-4-6-19/h2-14H,15-17H2,1H3,(H,25,27)(H,26,28). The largest absolute Gasteiger partial charge is 0.497 e. The Hall–Kier alpha value is -3.60. The number of hydrogen-bond acceptors (Lipinski definition) is 3. The summed E-state index contributed by atoms with van der Waals surface area (Å²) in [5, 5.41) is 5.63. The van der Waals surface area contributed by atoms with Crippen LogP contribution in [0.5, 0.6) is 5.75 Å². The molecule has 29 heavy (non-hydrogen) atoms. The number of hydrogen-bond donors (Lipinski definition) is 2. The maximum atomic E-state index is 12.3. The molecule has 0 bridgehead atoms. The summed E-state index contributed by atoms with van der Waals surface area (Å²) < 4.78 is 5.10. The molecule has 0 aromatic heterocycles. The Labute approximate surface area is 170 Å². The van der Waals surface area contributed by atoms with E-state index in [1.54, 1.807) is 19.2 Å². The molecule has 148 valence electrons. The van der Waals surface area contributed by atoms with Gasteiger partial charge in [-0.2, -0.15) is 0 Å². The molecule has 0 heterocycles. The minimum Gasteiger partial charge on any atom is -0.497 e. The second-order valence-electron chi connectivity index (χ2n) is 6.57. The van der Waals surface area contributed by atoms with Gasteiger partial charge in [0.05, 0.1) is 13.5 Å². The van der Waals surface area contributed by atoms with Gasteiger partial charge in [0.2, 0.25) is 5.91 Å². The first-order valence-corrected chi connectivity index (χ1v) is 9.49. The average Bonchev–Trinajstić information content (AvgIpc) is 2.78. The molecule has 0 aliphatic rings. The summed E-state index contributed by atoms with van der Waals surface area (Å²) >= 11 is 0. The lowest BCUT2D eigenvalue weighted by Gasteiger charge is -2.08. The van der Waals surface area contributed by atoms with Gasteiger partial charge in [-0.05, 0) is 41.0 Å². The zero-order valence-corrected chi connectivity index (χ0v) is 16.4. The predicted octanol–water partition coefficient (Wildman–Crippen LogP) is 3.45. The van der Waals surface area contributed by atoms with E-state index in [0.29, 0.717) is 25.1 Å². The molecule has 0 atom stereocenters. The molecule has 3 aromatic carbocycles. The second kappa shape index (κ2) is 10.1. The van der Waals surface area contributed by atoms with Gasteiger partial charge in [0, 0.05) is 18.7 Å². The number of rotatable bonds is 8. The average molecular weight is 388 g/mol. The predicted molar refractivity (Wildman–Crippen MR) is 114 cm³/mol. The molecule has 5 nitrogen and oxygen atoms in total. The summed E-state index contributed by atoms with van der Waals surface area (Å²) in [5.41, 5.74) is 3.67. The molecule has 0 unspecified atom stereocenters. The van der Waals surface area contributed by atoms with Crippen LogP contribution in [0.3, 0.4) is 0 Å². The number of ether oxygens (including phenoxy) is 1. The van der Waals surface area contributed by atoms with Crippen molar-refractivity contribution in [3.8, 4) is 16.9 Å². The minimum atomic E-state index is -0.158. The van der Waals surface area contributed by atoms with E-state index in [4.69, 9.17) is 4.74 Å². The molecule has 0 aliphatic carbocycles. The number of amides is 2. The minimum absolute atomic E-state index is 0.0865. The van der Waals surface area contributed by atoms with E-state index in [-0.39, 0.29) is 11.8 Å². The summed E-state index contributed by atoms with van der Waals surface area (Å²) in [4.78, 5) is 24.3. The fourth-order valence-corrected chi connectivity index (χ4v) is 2.92. The summed E-state index contributed by atoms with van der Waals surface area (Å²) in [5.74, 6) is 0.513. The quantitative estimate of drug-likeness (QED) is 0.581. The van der Waals surface area contributed by atoms with Crippen molar-refractivity contribution in [1.82, 2.24) is 10.6 Å². The lowest BCUT2D eigenvalue weighted by atomic mass is 10.0. The highest BCUT2D eigenvalue weighted by Gasteiger charge is 2.07. The van der Waals surface area contributed by atoms with E-state index in [2.05, 4.69) is 10.6 Å². The number of carbonyl (C=O) groups excluding carboxylic acids is 2. The zero-order chi connectivity index (χ0) is 20.5. The van der Waals surface area contributed by atoms with E-state index in [9.17, 15) is 9.59 Å². The lowest BCUT2D eigenvalue weighted by molar-refractivity contribution is -0.120. The van der Waals surface area contributed by atoms with Gasteiger partial charge in [0.25, 0.3) is 5.91 Å². The molecule has 5 heteroatoms. The van der Waals surface area contributed by atoms with Crippen molar-refractivity contribution in [2.24, 2.45) is 0 Å². The Kier molecular flexibility index (Phi) is 7.00. The summed E-state index contributed by atoms with van der Waals surface area (Å²) in [6.07, 6.45) is 0.291. The molecular formula is C24H24N2O3. The van der Waals surface area contributed by atoms with E-state index in [1.165, 1.54) is 0 Å². The van der Waals surface area contributed by atoms with Gasteiger partial charge in [-0.1, -0.05) is 54.6 Å². The maximum Gasteiger partial charge on any atom is 0.251 e. The van der Waals surface area contributed by atoms with E-state index in [0.717, 1.165) is 22.4 Å². The van der Waals surface area contributed by atoms with Gasteiger partial charge in [-0.15, -0.1) is 0 Å². The molecule has 0 fully saturated rings. The van der Waals surface area contributed by atoms with Crippen LogP contribution in [0.1, 0.15) is 15.9 Å². The first kappa shape index (κ1) is 20.1. The molecule has 2 N–H and O–H groups in total. The number of methoxy groups -OCH3 is 1. The Balaban J connectivity index is 1.40. The van der Waals surface area contributed by atoms with Gasteiger partial charge in [-0.3, -0.25) is 9.59 Å². The maximum absolute atomic E-state index is 12.3. The fraction of sp³-hybridized carbons (Fsp3) is 0.167. The van der Waals surface area contributed by atoms with Crippen LogP contribution >= 0.6 is 0 Å². The third-order valence-corrected chi connectivity index (χ3v) is 4.51. The van der Waals surface area contributed by atoms with E-state index < -0.39 is 0 Å². The van der Waals surface area contributed by atoms with E-state index in [1.807, 2.05) is 66.7 Å². The van der Waals surface area contributed by atoms with Crippen LogP contribution in [-0.4, -0.2) is 32.0 Å². The van der Waals surface area contributed by atoms with Crippen LogP contribution in [0.4, 0.5) is 0 Å². The monoisotopic (exact) mass is 388 g/mol. The van der Waals surface area contributed by atoms with Crippen LogP contribution in [0.15, 0.2) is 78.9 Å². The van der Waals surface area contributed by atoms with Gasteiger partial charge < -0.3 is 15.4 Å². The SMILES string of the molecule is COc1ccc(CC(=O)NCCNC(=O)c2ccc(-c3ccccc3)cc2)cc1. The third-order valence-electron chi connectivity index (χ3n) is 4.51. The molecular weight excluding hydrogens is 364 g/mol. The van der Waals surface area contributed by atoms with Gasteiger partial charge >= 0.3 is 0 Å². The van der Waals surface area contributed by atoms with Crippen molar-refractivity contribution < 1.29 is 14.3 Å². The molecule has 0 saturated heterocycles. The van der Waals surface area contributed by atoms with Crippen molar-refractivity contribution in [3.63, 3.8) is 0 Å². The molecule has 3 aromatic rings. The number of nitrogens with one attached hydrogen (secondary N) is 2. The highest BCUT2D eigenvalue weighted by atomic mass is 16.5. The smallest absolute Gasteiger partial charge is 0.251 e. The first-order chi connectivity index (χ1) is 14.2. The lowest BCUT2D eigenvalue weighted by Crippen LogP contribution is -2.35. The van der Waals surface area contributed by atoms with Crippen molar-refractivity contribution in [2.75, 3.05) is 20.2 Å². The molecule has 3 rings (SSSR count). The Morgan fingerprint density at radius 1 is 0.759 bits per heavy atom. The van der Waals surface area contributed by atoms with Gasteiger partial charge in [0.1, 0.15) is 5.75 Å². The highest BCUT2D eigenvalue weighted by Crippen LogP contribution is 2.19. The highest BCUT2D eigenvalue weighted by molar-refractivity contribution is 5.94. The van der Waals surface area contributed by atoms with Crippen LogP contribution < -0.4 is 15.4 Å². The molecule has 2 amide bonds. The number of benzene rings is 3. The second-order valence-corrected chi connectivity index (χ2v) is 6.57. The molecule has 0 spiro atoms. The number of carbonyl (C=O) groups is 2. The van der Waals surface area contributed by atoms with Crippen LogP contribution in [0, 0.1) is 0 Å². The van der Waals surface area contributed by atoms with Crippen LogP contribution in [-0.2, 0) is 11.2 Å². The Morgan fingerprint density at radius 2 is 1.38 bits per heavy atom. The van der Waals surface area contributed by atoms with Crippen molar-refractivity contribution in [3.05, 3.63) is 90.0 Å². The van der Waals surface area contributed by atoms with Gasteiger partial charge in [-0.25, -0.2) is 0 Å². The topological polar surface area (TPSA) is 67.4 Å². The van der Waals surface area contributed by atoms with Gasteiger partial charge in [0.15, 0.2) is 0 Å². The summed E-state index contributed by atoms with van der Waals surface area (Å²) in [7, 11) is 1.60. The zero-order valence-electron chi connectivity index (χ0n) is 16.4. The van der Waals surface area contributed by atoms with Crippen molar-refractivity contribution in [2.45, 2.75) is 6.42 Å². The van der Waals surface area contributed by atoms with Crippen LogP contribution in [0.2, 0.25) is 0 Å². The third kappa shape index (κ3) is 5.94. The van der Waals surface area contributed by atoms with Crippen LogP contribution in [0.25, 0.3) is 11.1 Å².